The van der Waals surface area contributed by atoms with Crippen LogP contribution in [0.1, 0.15) is 30.0 Å². The summed E-state index contributed by atoms with van der Waals surface area (Å²) in [6.45, 7) is 2.15. The Morgan fingerprint density at radius 2 is 2.18 bits per heavy atom. The van der Waals surface area contributed by atoms with Crippen molar-refractivity contribution in [2.75, 3.05) is 20.8 Å². The van der Waals surface area contributed by atoms with Crippen LogP contribution >= 0.6 is 11.6 Å². The molecule has 0 heterocycles. The monoisotopic (exact) mass is 257 g/mol. The van der Waals surface area contributed by atoms with Gasteiger partial charge in [0.15, 0.2) is 0 Å². The molecule has 3 nitrogen and oxygen atoms in total. The quantitative estimate of drug-likeness (QED) is 0.823. The number of aliphatic hydroxyl groups is 1. The fourth-order valence-corrected chi connectivity index (χ4v) is 2.04. The predicted octanol–water partition coefficient (Wildman–Crippen LogP) is 2.69. The second-order valence-electron chi connectivity index (χ2n) is 4.05. The lowest BCUT2D eigenvalue weighted by Crippen LogP contribution is -2.17. The number of hydrogen-bond acceptors (Lipinski definition) is 3. The van der Waals surface area contributed by atoms with Crippen LogP contribution in [0.25, 0.3) is 0 Å². The van der Waals surface area contributed by atoms with E-state index in [1.165, 1.54) is 0 Å². The molecule has 0 aliphatic rings. The van der Waals surface area contributed by atoms with Crippen molar-refractivity contribution in [2.45, 2.75) is 25.8 Å². The first-order valence-corrected chi connectivity index (χ1v) is 6.14. The number of nitrogens with one attached hydrogen (secondary N) is 1. The normalized spacial score (nSPS) is 12.5. The number of halogens is 1. The molecule has 0 aromatic heterocycles. The summed E-state index contributed by atoms with van der Waals surface area (Å²) in [6.07, 6.45) is 1.60. The van der Waals surface area contributed by atoms with Gasteiger partial charge in [0.05, 0.1) is 7.11 Å². The molecule has 0 aliphatic carbocycles. The van der Waals surface area contributed by atoms with Crippen molar-refractivity contribution in [3.8, 4) is 5.75 Å². The van der Waals surface area contributed by atoms with Crippen LogP contribution in [-0.4, -0.2) is 25.9 Å². The van der Waals surface area contributed by atoms with E-state index in [4.69, 9.17) is 21.4 Å². The van der Waals surface area contributed by atoms with Gasteiger partial charge in [0, 0.05) is 23.2 Å². The molecule has 0 amide bonds. The van der Waals surface area contributed by atoms with Crippen molar-refractivity contribution in [1.29, 1.82) is 0 Å². The molecule has 0 saturated carbocycles. The maximum absolute atomic E-state index is 8.90. The van der Waals surface area contributed by atoms with Crippen LogP contribution in [0, 0.1) is 6.92 Å². The van der Waals surface area contributed by atoms with Gasteiger partial charge in [0.2, 0.25) is 0 Å². The van der Waals surface area contributed by atoms with Gasteiger partial charge in [-0.3, -0.25) is 0 Å². The third kappa shape index (κ3) is 3.60. The summed E-state index contributed by atoms with van der Waals surface area (Å²) in [6, 6.07) is 4.03. The van der Waals surface area contributed by atoms with Crippen LogP contribution in [-0.2, 0) is 0 Å². The highest BCUT2D eigenvalue weighted by molar-refractivity contribution is 6.31. The standard InChI is InChI=1S/C13H20ClNO2/c1-9-7-13(17-3)10(8-11(9)14)12(15-2)5-4-6-16/h7-8,12,15-16H,4-6H2,1-3H3. The number of benzene rings is 1. The molecule has 0 aliphatic heterocycles. The van der Waals surface area contributed by atoms with Crippen molar-refractivity contribution >= 4 is 11.6 Å². The molecule has 0 spiro atoms. The largest absolute Gasteiger partial charge is 0.496 e. The minimum atomic E-state index is 0.148. The highest BCUT2D eigenvalue weighted by Gasteiger charge is 2.15. The Balaban J connectivity index is 3.04. The Bertz CT molecular complexity index is 369. The summed E-state index contributed by atoms with van der Waals surface area (Å²) in [5.41, 5.74) is 2.04. The van der Waals surface area contributed by atoms with E-state index in [2.05, 4.69) is 5.32 Å². The second-order valence-corrected chi connectivity index (χ2v) is 4.46. The highest BCUT2D eigenvalue weighted by Crippen LogP contribution is 2.32. The molecule has 0 fully saturated rings. The topological polar surface area (TPSA) is 41.5 Å². The number of aryl methyl sites for hydroxylation is 1. The first kappa shape index (κ1) is 14.3. The Labute approximate surface area is 108 Å². The van der Waals surface area contributed by atoms with Crippen molar-refractivity contribution in [3.63, 3.8) is 0 Å². The fraction of sp³-hybridized carbons (Fsp3) is 0.538. The van der Waals surface area contributed by atoms with Crippen LogP contribution in [0.2, 0.25) is 5.02 Å². The molecule has 0 radical (unpaired) electrons. The third-order valence-corrected chi connectivity index (χ3v) is 3.29. The third-order valence-electron chi connectivity index (χ3n) is 2.89. The van der Waals surface area contributed by atoms with Gasteiger partial charge < -0.3 is 15.2 Å². The maximum atomic E-state index is 8.90. The van der Waals surface area contributed by atoms with Crippen molar-refractivity contribution in [2.24, 2.45) is 0 Å². The summed E-state index contributed by atoms with van der Waals surface area (Å²) in [7, 11) is 3.56. The van der Waals surface area contributed by atoms with Gasteiger partial charge >= 0.3 is 0 Å². The average molecular weight is 258 g/mol. The zero-order valence-electron chi connectivity index (χ0n) is 10.6. The van der Waals surface area contributed by atoms with Gasteiger partial charge in [-0.25, -0.2) is 0 Å². The van der Waals surface area contributed by atoms with E-state index in [1.807, 2.05) is 26.1 Å². The minimum Gasteiger partial charge on any atom is -0.496 e. The SMILES string of the molecule is CNC(CCCO)c1cc(Cl)c(C)cc1OC. The van der Waals surface area contributed by atoms with Gasteiger partial charge in [-0.05, 0) is 44.5 Å². The van der Waals surface area contributed by atoms with Gasteiger partial charge in [-0.1, -0.05) is 11.6 Å². The minimum absolute atomic E-state index is 0.148. The number of methoxy groups -OCH3 is 1. The molecule has 0 saturated heterocycles. The first-order valence-electron chi connectivity index (χ1n) is 5.76. The Hall–Kier alpha value is -0.770. The lowest BCUT2D eigenvalue weighted by molar-refractivity contribution is 0.275. The molecule has 1 aromatic rings. The smallest absolute Gasteiger partial charge is 0.124 e. The van der Waals surface area contributed by atoms with Gasteiger partial charge in [-0.15, -0.1) is 0 Å². The number of aliphatic hydroxyl groups excluding tert-OH is 1. The van der Waals surface area contributed by atoms with Crippen molar-refractivity contribution in [1.82, 2.24) is 5.32 Å². The Morgan fingerprint density at radius 1 is 1.47 bits per heavy atom. The molecule has 4 heteroatoms. The van der Waals surface area contributed by atoms with Crippen molar-refractivity contribution in [3.05, 3.63) is 28.3 Å². The lowest BCUT2D eigenvalue weighted by Gasteiger charge is -2.20. The molecule has 2 N–H and O–H groups in total. The summed E-state index contributed by atoms with van der Waals surface area (Å²) < 4.78 is 5.38. The van der Waals surface area contributed by atoms with Crippen LogP contribution in [0.15, 0.2) is 12.1 Å². The van der Waals surface area contributed by atoms with E-state index in [0.29, 0.717) is 0 Å². The molecule has 1 aromatic carbocycles. The molecular weight excluding hydrogens is 238 g/mol. The lowest BCUT2D eigenvalue weighted by atomic mass is 9.99. The first-order chi connectivity index (χ1) is 8.13. The van der Waals surface area contributed by atoms with Gasteiger partial charge in [-0.2, -0.15) is 0 Å². The highest BCUT2D eigenvalue weighted by atomic mass is 35.5. The van der Waals surface area contributed by atoms with E-state index in [-0.39, 0.29) is 12.6 Å². The molecule has 0 bridgehead atoms. The summed E-state index contributed by atoms with van der Waals surface area (Å²) in [4.78, 5) is 0. The molecule has 17 heavy (non-hydrogen) atoms. The summed E-state index contributed by atoms with van der Waals surface area (Å²) >= 11 is 6.15. The maximum Gasteiger partial charge on any atom is 0.124 e. The molecule has 96 valence electrons. The number of ether oxygens (including phenoxy) is 1. The van der Waals surface area contributed by atoms with E-state index in [0.717, 1.165) is 34.7 Å². The van der Waals surface area contributed by atoms with Gasteiger partial charge in [0.1, 0.15) is 5.75 Å². The molecular formula is C13H20ClNO2. The number of hydrogen-bond donors (Lipinski definition) is 2. The summed E-state index contributed by atoms with van der Waals surface area (Å²) in [5, 5.41) is 12.9. The Morgan fingerprint density at radius 3 is 2.71 bits per heavy atom. The van der Waals surface area contributed by atoms with Crippen LogP contribution in [0.3, 0.4) is 0 Å². The Kier molecular flexibility index (Phi) is 5.75. The average Bonchev–Trinajstić information content (AvgIpc) is 2.34. The van der Waals surface area contributed by atoms with Crippen LogP contribution < -0.4 is 10.1 Å². The summed E-state index contributed by atoms with van der Waals surface area (Å²) in [5.74, 6) is 0.837. The predicted molar refractivity (Wildman–Crippen MR) is 70.9 cm³/mol. The van der Waals surface area contributed by atoms with E-state index in [9.17, 15) is 0 Å². The van der Waals surface area contributed by atoms with Crippen LogP contribution in [0.4, 0.5) is 0 Å². The zero-order chi connectivity index (χ0) is 12.8. The van der Waals surface area contributed by atoms with Crippen LogP contribution in [0.5, 0.6) is 5.75 Å². The second kappa shape index (κ2) is 6.84. The molecule has 1 atom stereocenters. The van der Waals surface area contributed by atoms with Crippen molar-refractivity contribution < 1.29 is 9.84 Å². The molecule has 1 unspecified atom stereocenters. The van der Waals surface area contributed by atoms with E-state index < -0.39 is 0 Å². The molecule has 1 rings (SSSR count). The van der Waals surface area contributed by atoms with E-state index >= 15 is 0 Å². The fourth-order valence-electron chi connectivity index (χ4n) is 1.87. The van der Waals surface area contributed by atoms with E-state index in [1.54, 1.807) is 7.11 Å². The van der Waals surface area contributed by atoms with Gasteiger partial charge in [0.25, 0.3) is 0 Å². The zero-order valence-corrected chi connectivity index (χ0v) is 11.3. The number of rotatable bonds is 6.